The van der Waals surface area contributed by atoms with Gasteiger partial charge in [0, 0.05) is 32.1 Å². The number of hydrogen-bond acceptors (Lipinski definition) is 3. The van der Waals surface area contributed by atoms with Gasteiger partial charge in [-0.1, -0.05) is 6.92 Å². The molecular weight excluding hydrogens is 282 g/mol. The van der Waals surface area contributed by atoms with Crippen LogP contribution in [0.5, 0.6) is 0 Å². The summed E-state index contributed by atoms with van der Waals surface area (Å²) in [5.74, 6) is -5.93. The molecule has 2 fully saturated rings. The first-order valence-electron chi connectivity index (χ1n) is 6.78. The molecule has 3 atom stereocenters. The Morgan fingerprint density at radius 1 is 1.52 bits per heavy atom. The second-order valence-electron chi connectivity index (χ2n) is 5.73. The van der Waals surface area contributed by atoms with Crippen LogP contribution in [0, 0.1) is 11.8 Å². The van der Waals surface area contributed by atoms with Crippen LogP contribution >= 0.6 is 0 Å². The predicted molar refractivity (Wildman–Crippen MR) is 69.7 cm³/mol. The zero-order valence-electron chi connectivity index (χ0n) is 11.7. The molecule has 2 aliphatic rings. The number of rotatable bonds is 3. The van der Waals surface area contributed by atoms with Crippen LogP contribution in [0.15, 0.2) is 12.4 Å². The molecule has 1 saturated heterocycles. The topological polar surface area (TPSA) is 67.2 Å². The summed E-state index contributed by atoms with van der Waals surface area (Å²) in [6.07, 6.45) is 3.37. The first-order chi connectivity index (χ1) is 9.80. The van der Waals surface area contributed by atoms with Crippen molar-refractivity contribution in [1.29, 1.82) is 0 Å². The van der Waals surface area contributed by atoms with E-state index in [1.54, 1.807) is 24.1 Å². The van der Waals surface area contributed by atoms with Crippen molar-refractivity contribution >= 4 is 17.5 Å². The number of amides is 2. The van der Waals surface area contributed by atoms with E-state index in [1.807, 2.05) is 0 Å². The molecule has 1 unspecified atom stereocenters. The number of hydrogen-bond donors (Lipinski definition) is 1. The molecule has 0 spiro atoms. The van der Waals surface area contributed by atoms with Gasteiger partial charge in [0.1, 0.15) is 5.92 Å². The Kier molecular flexibility index (Phi) is 3.00. The Morgan fingerprint density at radius 3 is 2.71 bits per heavy atom. The van der Waals surface area contributed by atoms with Crippen LogP contribution in [0.3, 0.4) is 0 Å². The van der Waals surface area contributed by atoms with E-state index < -0.39 is 29.7 Å². The summed E-state index contributed by atoms with van der Waals surface area (Å²) in [6, 6.07) is -0.436. The zero-order chi connectivity index (χ0) is 15.4. The van der Waals surface area contributed by atoms with E-state index in [4.69, 9.17) is 0 Å². The van der Waals surface area contributed by atoms with Crippen LogP contribution < -0.4 is 10.2 Å². The van der Waals surface area contributed by atoms with E-state index >= 15 is 0 Å². The minimum absolute atomic E-state index is 0.118. The zero-order valence-corrected chi connectivity index (χ0v) is 11.7. The van der Waals surface area contributed by atoms with Crippen molar-refractivity contribution in [2.24, 2.45) is 18.9 Å². The fraction of sp³-hybridized carbons (Fsp3) is 0.615. The molecule has 1 saturated carbocycles. The maximum Gasteiger partial charge on any atom is 0.263 e. The Hall–Kier alpha value is -1.99. The number of nitrogens with one attached hydrogen (secondary N) is 1. The van der Waals surface area contributed by atoms with Gasteiger partial charge in [-0.15, -0.1) is 0 Å². The maximum atomic E-state index is 13.2. The lowest BCUT2D eigenvalue weighted by Gasteiger charge is -2.15. The minimum atomic E-state index is -2.92. The third-order valence-corrected chi connectivity index (χ3v) is 4.17. The number of anilines is 1. The van der Waals surface area contributed by atoms with Gasteiger partial charge in [-0.2, -0.15) is 5.10 Å². The first-order valence-corrected chi connectivity index (χ1v) is 6.78. The summed E-state index contributed by atoms with van der Waals surface area (Å²) in [6.45, 7) is 1.63. The van der Waals surface area contributed by atoms with Crippen LogP contribution in [-0.4, -0.2) is 40.1 Å². The molecular formula is C13H16F2N4O2. The Morgan fingerprint density at radius 2 is 2.19 bits per heavy atom. The Bertz CT molecular complexity index is 601. The van der Waals surface area contributed by atoms with E-state index in [-0.39, 0.29) is 18.9 Å². The third kappa shape index (κ3) is 2.28. The van der Waals surface area contributed by atoms with Crippen molar-refractivity contribution in [1.82, 2.24) is 15.1 Å². The largest absolute Gasteiger partial charge is 0.351 e. The number of halogens is 2. The number of nitrogens with zero attached hydrogens (tertiary/aromatic N) is 3. The fourth-order valence-electron chi connectivity index (χ4n) is 2.77. The molecule has 0 radical (unpaired) electrons. The van der Waals surface area contributed by atoms with Gasteiger partial charge < -0.3 is 10.2 Å². The molecule has 1 aliphatic carbocycles. The minimum Gasteiger partial charge on any atom is -0.351 e. The molecule has 0 aromatic carbocycles. The van der Waals surface area contributed by atoms with Crippen LogP contribution in [0.25, 0.3) is 0 Å². The first kappa shape index (κ1) is 14.0. The van der Waals surface area contributed by atoms with Gasteiger partial charge in [0.25, 0.3) is 5.92 Å². The average molecular weight is 298 g/mol. The fourth-order valence-corrected chi connectivity index (χ4v) is 2.77. The molecule has 21 heavy (non-hydrogen) atoms. The van der Waals surface area contributed by atoms with Crippen LogP contribution in [-0.2, 0) is 16.6 Å². The van der Waals surface area contributed by atoms with Gasteiger partial charge in [-0.05, 0) is 0 Å². The lowest BCUT2D eigenvalue weighted by molar-refractivity contribution is -0.125. The van der Waals surface area contributed by atoms with Crippen LogP contribution in [0.2, 0.25) is 0 Å². The lowest BCUT2D eigenvalue weighted by Crippen LogP contribution is -2.39. The monoisotopic (exact) mass is 298 g/mol. The molecule has 6 nitrogen and oxygen atoms in total. The van der Waals surface area contributed by atoms with Gasteiger partial charge >= 0.3 is 0 Å². The number of alkyl halides is 2. The SMILES string of the molecule is C[C@@H]1[C@@H](C(=O)NC2CC(=O)N(c3cnn(C)c3)C2)C1(F)F. The van der Waals surface area contributed by atoms with Crippen molar-refractivity contribution in [2.45, 2.75) is 25.3 Å². The lowest BCUT2D eigenvalue weighted by atomic mass is 10.2. The highest BCUT2D eigenvalue weighted by atomic mass is 19.3. The smallest absolute Gasteiger partial charge is 0.263 e. The van der Waals surface area contributed by atoms with E-state index in [1.165, 1.54) is 11.8 Å². The number of carbonyl (C=O) groups is 2. The van der Waals surface area contributed by atoms with Crippen molar-refractivity contribution in [3.8, 4) is 0 Å². The van der Waals surface area contributed by atoms with Crippen molar-refractivity contribution in [3.63, 3.8) is 0 Å². The standard InChI is InChI=1S/C13H16F2N4O2/c1-7-11(13(7,14)15)12(21)17-8-3-10(20)19(5-8)9-4-16-18(2)6-9/h4,6-8,11H,3,5H2,1-2H3,(H,17,21)/t7-,8?,11+/m1/s1. The highest BCUT2D eigenvalue weighted by Gasteiger charge is 2.69. The highest BCUT2D eigenvalue weighted by Crippen LogP contribution is 2.54. The summed E-state index contributed by atoms with van der Waals surface area (Å²) in [4.78, 5) is 25.3. The van der Waals surface area contributed by atoms with E-state index in [9.17, 15) is 18.4 Å². The molecule has 114 valence electrons. The summed E-state index contributed by atoms with van der Waals surface area (Å²) in [5, 5.41) is 6.54. The van der Waals surface area contributed by atoms with Crippen molar-refractivity contribution in [2.75, 3.05) is 11.4 Å². The van der Waals surface area contributed by atoms with E-state index in [0.717, 1.165) is 0 Å². The number of aromatic nitrogens is 2. The maximum absolute atomic E-state index is 13.2. The molecule has 1 aliphatic heterocycles. The molecule has 1 aromatic rings. The van der Waals surface area contributed by atoms with Crippen LogP contribution in [0.4, 0.5) is 14.5 Å². The van der Waals surface area contributed by atoms with Gasteiger partial charge in [-0.3, -0.25) is 14.3 Å². The quantitative estimate of drug-likeness (QED) is 0.886. The van der Waals surface area contributed by atoms with Crippen LogP contribution in [0.1, 0.15) is 13.3 Å². The Balaban J connectivity index is 1.62. The normalized spacial score (nSPS) is 30.6. The van der Waals surface area contributed by atoms with E-state index in [2.05, 4.69) is 10.4 Å². The summed E-state index contributed by atoms with van der Waals surface area (Å²) < 4.78 is 27.9. The highest BCUT2D eigenvalue weighted by molar-refractivity contribution is 5.96. The molecule has 3 rings (SSSR count). The predicted octanol–water partition coefficient (Wildman–Crippen LogP) is 0.543. The second kappa shape index (κ2) is 4.51. The van der Waals surface area contributed by atoms with Crippen molar-refractivity contribution < 1.29 is 18.4 Å². The summed E-state index contributed by atoms with van der Waals surface area (Å²) >= 11 is 0. The molecule has 0 bridgehead atoms. The van der Waals surface area contributed by atoms with Gasteiger partial charge in [0.15, 0.2) is 0 Å². The Labute approximate surface area is 120 Å². The molecule has 2 heterocycles. The van der Waals surface area contributed by atoms with E-state index in [0.29, 0.717) is 5.69 Å². The number of aryl methyl sites for hydroxylation is 1. The van der Waals surface area contributed by atoms with Gasteiger partial charge in [-0.25, -0.2) is 8.78 Å². The van der Waals surface area contributed by atoms with Crippen molar-refractivity contribution in [3.05, 3.63) is 12.4 Å². The third-order valence-electron chi connectivity index (χ3n) is 4.17. The summed E-state index contributed by atoms with van der Waals surface area (Å²) in [7, 11) is 1.74. The molecule has 1 N–H and O–H groups in total. The van der Waals surface area contributed by atoms with Gasteiger partial charge in [0.05, 0.1) is 17.9 Å². The average Bonchev–Trinajstić information content (AvgIpc) is 2.76. The number of carbonyl (C=O) groups excluding carboxylic acids is 2. The second-order valence-corrected chi connectivity index (χ2v) is 5.73. The molecule has 2 amide bonds. The molecule has 8 heteroatoms. The van der Waals surface area contributed by atoms with Gasteiger partial charge in [0.2, 0.25) is 11.8 Å². The summed E-state index contributed by atoms with van der Waals surface area (Å²) in [5.41, 5.74) is 0.643. The molecule has 1 aromatic heterocycles.